The largest absolute Gasteiger partial charge is 0.496 e. The smallest absolute Gasteiger partial charge is 0.123 e. The van der Waals surface area contributed by atoms with Gasteiger partial charge in [-0.05, 0) is 44.0 Å². The van der Waals surface area contributed by atoms with Crippen LogP contribution in [0.15, 0.2) is 18.2 Å². The van der Waals surface area contributed by atoms with Gasteiger partial charge in [0.1, 0.15) is 10.7 Å². The molecule has 0 saturated carbocycles. The van der Waals surface area contributed by atoms with Crippen molar-refractivity contribution in [3.8, 4) is 5.75 Å². The quantitative estimate of drug-likeness (QED) is 0.816. The number of nitrogens with two attached hydrogens (primary N) is 1. The lowest BCUT2D eigenvalue weighted by molar-refractivity contribution is 0.0549. The predicted molar refractivity (Wildman–Crippen MR) is 88.8 cm³/mol. The second kappa shape index (κ2) is 7.73. The minimum atomic E-state index is 0.422. The Morgan fingerprint density at radius 2 is 2.14 bits per heavy atom. The highest BCUT2D eigenvalue weighted by molar-refractivity contribution is 7.80. The van der Waals surface area contributed by atoms with Crippen LogP contribution in [0.2, 0.25) is 0 Å². The van der Waals surface area contributed by atoms with Crippen LogP contribution in [0.25, 0.3) is 0 Å². The second-order valence-corrected chi connectivity index (χ2v) is 6.08. The van der Waals surface area contributed by atoms with E-state index in [9.17, 15) is 0 Å². The molecular weight excluding hydrogens is 284 g/mol. The first kappa shape index (κ1) is 16.2. The van der Waals surface area contributed by atoms with E-state index in [0.717, 1.165) is 56.0 Å². The van der Waals surface area contributed by atoms with Gasteiger partial charge in [-0.1, -0.05) is 12.2 Å². The maximum atomic E-state index is 5.72. The number of ether oxygens (including phenoxy) is 2. The molecule has 4 nitrogen and oxygen atoms in total. The van der Waals surface area contributed by atoms with Crippen LogP contribution in [0.4, 0.5) is 0 Å². The molecule has 1 fully saturated rings. The average molecular weight is 308 g/mol. The lowest BCUT2D eigenvalue weighted by Gasteiger charge is -2.27. The summed E-state index contributed by atoms with van der Waals surface area (Å²) in [5.74, 6) is 1.60. The number of nitrogens with zero attached hydrogens (tertiary/aromatic N) is 1. The van der Waals surface area contributed by atoms with Crippen LogP contribution in [-0.4, -0.2) is 43.8 Å². The summed E-state index contributed by atoms with van der Waals surface area (Å²) >= 11 is 5.06. The van der Waals surface area contributed by atoms with Crippen molar-refractivity contribution in [1.82, 2.24) is 4.90 Å². The SMILES string of the molecule is COc1ccc(C(N)=S)cc1CN(C)CC1CCOCC1. The summed E-state index contributed by atoms with van der Waals surface area (Å²) in [6.07, 6.45) is 2.29. The zero-order chi connectivity index (χ0) is 15.2. The van der Waals surface area contributed by atoms with Gasteiger partial charge in [-0.2, -0.15) is 0 Å². The summed E-state index contributed by atoms with van der Waals surface area (Å²) in [6.45, 7) is 3.68. The molecule has 1 heterocycles. The summed E-state index contributed by atoms with van der Waals surface area (Å²) in [5.41, 5.74) is 7.73. The highest BCUT2D eigenvalue weighted by atomic mass is 32.1. The summed E-state index contributed by atoms with van der Waals surface area (Å²) in [6, 6.07) is 5.87. The molecule has 21 heavy (non-hydrogen) atoms. The molecule has 0 aromatic heterocycles. The van der Waals surface area contributed by atoms with Gasteiger partial charge < -0.3 is 20.1 Å². The molecular formula is C16H24N2O2S. The van der Waals surface area contributed by atoms with Crippen molar-refractivity contribution in [2.45, 2.75) is 19.4 Å². The molecule has 0 radical (unpaired) electrons. The Morgan fingerprint density at radius 3 is 2.76 bits per heavy atom. The number of thiocarbonyl (C=S) groups is 1. The highest BCUT2D eigenvalue weighted by Crippen LogP contribution is 2.23. The monoisotopic (exact) mass is 308 g/mol. The Hall–Kier alpha value is -1.17. The van der Waals surface area contributed by atoms with Gasteiger partial charge in [0.2, 0.25) is 0 Å². The summed E-state index contributed by atoms with van der Waals surface area (Å²) in [5, 5.41) is 0. The maximum Gasteiger partial charge on any atom is 0.123 e. The third-order valence-electron chi connectivity index (χ3n) is 3.92. The van der Waals surface area contributed by atoms with Crippen LogP contribution in [0, 0.1) is 5.92 Å². The first-order valence-electron chi connectivity index (χ1n) is 7.33. The van der Waals surface area contributed by atoms with E-state index < -0.39 is 0 Å². The Balaban J connectivity index is 2.02. The zero-order valence-corrected chi connectivity index (χ0v) is 13.6. The predicted octanol–water partition coefficient (Wildman–Crippen LogP) is 2.19. The van der Waals surface area contributed by atoms with Crippen molar-refractivity contribution in [2.24, 2.45) is 11.7 Å². The fourth-order valence-corrected chi connectivity index (χ4v) is 2.91. The van der Waals surface area contributed by atoms with E-state index >= 15 is 0 Å². The van der Waals surface area contributed by atoms with Gasteiger partial charge in [-0.15, -0.1) is 0 Å². The fraction of sp³-hybridized carbons (Fsp3) is 0.562. The van der Waals surface area contributed by atoms with Crippen LogP contribution in [-0.2, 0) is 11.3 Å². The molecule has 1 aromatic rings. The average Bonchev–Trinajstić information content (AvgIpc) is 2.48. The molecule has 0 atom stereocenters. The minimum absolute atomic E-state index is 0.422. The van der Waals surface area contributed by atoms with Crippen molar-refractivity contribution >= 4 is 17.2 Å². The van der Waals surface area contributed by atoms with E-state index in [1.807, 2.05) is 18.2 Å². The number of hydrogen-bond acceptors (Lipinski definition) is 4. The summed E-state index contributed by atoms with van der Waals surface area (Å²) < 4.78 is 10.9. The molecule has 0 unspecified atom stereocenters. The molecule has 2 rings (SSSR count). The van der Waals surface area contributed by atoms with Crippen LogP contribution in [0.5, 0.6) is 5.75 Å². The van der Waals surface area contributed by atoms with Gasteiger partial charge in [0, 0.05) is 37.4 Å². The van der Waals surface area contributed by atoms with Crippen molar-refractivity contribution < 1.29 is 9.47 Å². The molecule has 1 aliphatic rings. The molecule has 2 N–H and O–H groups in total. The maximum absolute atomic E-state index is 5.72. The normalized spacial score (nSPS) is 16.1. The standard InChI is InChI=1S/C16H24N2O2S/c1-18(10-12-5-7-20-8-6-12)11-14-9-13(16(17)21)3-4-15(14)19-2/h3-4,9,12H,5-8,10-11H2,1-2H3,(H2,17,21). The number of rotatable bonds is 6. The first-order valence-corrected chi connectivity index (χ1v) is 7.74. The second-order valence-electron chi connectivity index (χ2n) is 5.64. The third-order valence-corrected chi connectivity index (χ3v) is 4.15. The molecule has 116 valence electrons. The Bertz CT molecular complexity index is 487. The van der Waals surface area contributed by atoms with Crippen LogP contribution in [0.1, 0.15) is 24.0 Å². The zero-order valence-electron chi connectivity index (χ0n) is 12.8. The lowest BCUT2D eigenvalue weighted by atomic mass is 9.99. The van der Waals surface area contributed by atoms with E-state index in [-0.39, 0.29) is 0 Å². The molecule has 5 heteroatoms. The van der Waals surface area contributed by atoms with Gasteiger partial charge >= 0.3 is 0 Å². The first-order chi connectivity index (χ1) is 10.1. The van der Waals surface area contributed by atoms with Crippen molar-refractivity contribution in [1.29, 1.82) is 0 Å². The van der Waals surface area contributed by atoms with E-state index in [1.165, 1.54) is 0 Å². The van der Waals surface area contributed by atoms with Gasteiger partial charge in [-0.3, -0.25) is 0 Å². The topological polar surface area (TPSA) is 47.7 Å². The number of methoxy groups -OCH3 is 1. The summed E-state index contributed by atoms with van der Waals surface area (Å²) in [7, 11) is 3.83. The molecule has 1 aliphatic heterocycles. The van der Waals surface area contributed by atoms with Gasteiger partial charge in [0.05, 0.1) is 7.11 Å². The Labute approximate surface area is 132 Å². The van der Waals surface area contributed by atoms with Crippen LogP contribution < -0.4 is 10.5 Å². The molecule has 0 aliphatic carbocycles. The minimum Gasteiger partial charge on any atom is -0.496 e. The van der Waals surface area contributed by atoms with Crippen LogP contribution in [0.3, 0.4) is 0 Å². The van der Waals surface area contributed by atoms with Crippen LogP contribution >= 0.6 is 12.2 Å². The molecule has 0 amide bonds. The molecule has 1 saturated heterocycles. The molecule has 1 aromatic carbocycles. The van der Waals surface area contributed by atoms with Crippen molar-refractivity contribution in [3.05, 3.63) is 29.3 Å². The third kappa shape index (κ3) is 4.66. The Kier molecular flexibility index (Phi) is 5.96. The number of hydrogen-bond donors (Lipinski definition) is 1. The molecule has 0 spiro atoms. The van der Waals surface area contributed by atoms with E-state index in [1.54, 1.807) is 7.11 Å². The van der Waals surface area contributed by atoms with E-state index in [4.69, 9.17) is 27.4 Å². The fourth-order valence-electron chi connectivity index (χ4n) is 2.78. The van der Waals surface area contributed by atoms with E-state index in [2.05, 4.69) is 11.9 Å². The highest BCUT2D eigenvalue weighted by Gasteiger charge is 2.17. The summed E-state index contributed by atoms with van der Waals surface area (Å²) in [4.78, 5) is 2.75. The lowest BCUT2D eigenvalue weighted by Crippen LogP contribution is -2.29. The number of benzene rings is 1. The van der Waals surface area contributed by atoms with Gasteiger partial charge in [0.15, 0.2) is 0 Å². The van der Waals surface area contributed by atoms with Crippen molar-refractivity contribution in [2.75, 3.05) is 33.9 Å². The Morgan fingerprint density at radius 1 is 1.43 bits per heavy atom. The van der Waals surface area contributed by atoms with E-state index in [0.29, 0.717) is 10.9 Å². The van der Waals surface area contributed by atoms with Crippen molar-refractivity contribution in [3.63, 3.8) is 0 Å². The van der Waals surface area contributed by atoms with Gasteiger partial charge in [-0.25, -0.2) is 0 Å². The molecule has 0 bridgehead atoms. The van der Waals surface area contributed by atoms with Gasteiger partial charge in [0.25, 0.3) is 0 Å².